The molecule has 0 unspecified atom stereocenters. The Morgan fingerprint density at radius 1 is 0.897 bits per heavy atom. The van der Waals surface area contributed by atoms with Crippen molar-refractivity contribution >= 4 is 45.3 Å². The van der Waals surface area contributed by atoms with Gasteiger partial charge in [0.2, 0.25) is 16.9 Å². The number of carbonyl (C=O) groups is 2. The van der Waals surface area contributed by atoms with Crippen molar-refractivity contribution < 1.29 is 14.3 Å². The van der Waals surface area contributed by atoms with Gasteiger partial charge >= 0.3 is 0 Å². The zero-order valence-electron chi connectivity index (χ0n) is 32.3. The number of amides is 2. The van der Waals surface area contributed by atoms with Crippen molar-refractivity contribution in [3.8, 4) is 28.0 Å². The Balaban J connectivity index is 0.752. The molecule has 1 atom stereocenters. The minimum absolute atomic E-state index is 0.193. The van der Waals surface area contributed by atoms with Gasteiger partial charge < -0.3 is 19.9 Å². The first-order valence-corrected chi connectivity index (χ1v) is 21.3. The summed E-state index contributed by atoms with van der Waals surface area (Å²) in [6.07, 6.45) is 12.9. The fourth-order valence-electron chi connectivity index (χ4n) is 9.55. The lowest BCUT2D eigenvalue weighted by atomic mass is 9.60. The van der Waals surface area contributed by atoms with Gasteiger partial charge in [0, 0.05) is 89.1 Å². The maximum absolute atomic E-state index is 12.3. The lowest BCUT2D eigenvalue weighted by molar-refractivity contribution is -0.134. The highest BCUT2D eigenvalue weighted by Crippen LogP contribution is 2.51. The summed E-state index contributed by atoms with van der Waals surface area (Å²) in [7, 11) is 0. The molecule has 5 fully saturated rings. The van der Waals surface area contributed by atoms with E-state index in [0.717, 1.165) is 115 Å². The van der Waals surface area contributed by atoms with Gasteiger partial charge in [-0.3, -0.25) is 24.8 Å². The first-order chi connectivity index (χ1) is 28.4. The zero-order chi connectivity index (χ0) is 39.2. The fraction of sp³-hybridized carbons (Fsp3) is 0.476. The first kappa shape index (κ1) is 36.8. The zero-order valence-corrected chi connectivity index (χ0v) is 33.2. The third-order valence-electron chi connectivity index (χ3n) is 13.0. The van der Waals surface area contributed by atoms with Crippen LogP contribution in [0.1, 0.15) is 68.4 Å². The van der Waals surface area contributed by atoms with E-state index in [9.17, 15) is 14.9 Å². The second kappa shape index (κ2) is 15.3. The van der Waals surface area contributed by atoms with Gasteiger partial charge in [-0.05, 0) is 86.3 Å². The highest BCUT2D eigenvalue weighted by molar-refractivity contribution is 7.18. The average molecular weight is 799 g/mol. The highest BCUT2D eigenvalue weighted by atomic mass is 32.1. The van der Waals surface area contributed by atoms with Gasteiger partial charge in [-0.1, -0.05) is 17.4 Å². The molecule has 2 amide bonds. The van der Waals surface area contributed by atoms with Crippen molar-refractivity contribution in [3.63, 3.8) is 0 Å². The molecule has 0 aromatic carbocycles. The van der Waals surface area contributed by atoms with Gasteiger partial charge in [0.25, 0.3) is 0 Å². The number of carbonyl (C=O) groups excluding carboxylic acids is 2. The average Bonchev–Trinajstić information content (AvgIpc) is 3.92. The SMILES string of the molecule is N#Cc1cnn2c(-c3cc(NC4CCOCC4)c(-c4nnc(N5CCN(C6CC7(CCN(c8ccc([C@H]9CCC(=O)NC9=O)cn8)CC7)C6)CC5)s4)cn3)ccc2c1. The molecule has 2 N–H and O–H groups in total. The van der Waals surface area contributed by atoms with Gasteiger partial charge in [-0.25, -0.2) is 9.50 Å². The summed E-state index contributed by atoms with van der Waals surface area (Å²) in [6, 6.07) is 15.0. The van der Waals surface area contributed by atoms with Gasteiger partial charge in [-0.2, -0.15) is 10.4 Å². The largest absolute Gasteiger partial charge is 0.381 e. The molecule has 5 aliphatic rings. The van der Waals surface area contributed by atoms with Crippen LogP contribution in [0.3, 0.4) is 0 Å². The molecule has 15 nitrogen and oxygen atoms in total. The topological polar surface area (TPSA) is 170 Å². The molecule has 5 aromatic rings. The van der Waals surface area contributed by atoms with E-state index in [1.54, 1.807) is 17.5 Å². The second-order valence-corrected chi connectivity index (χ2v) is 17.4. The Bertz CT molecular complexity index is 2360. The van der Waals surface area contributed by atoms with Crippen LogP contribution >= 0.6 is 11.3 Å². The number of anilines is 3. The normalized spacial score (nSPS) is 21.9. The van der Waals surface area contributed by atoms with Crippen LogP contribution in [0.5, 0.6) is 0 Å². The number of rotatable bonds is 8. The number of nitriles is 1. The second-order valence-electron chi connectivity index (χ2n) is 16.5. The minimum atomic E-state index is -0.300. The minimum Gasteiger partial charge on any atom is -0.381 e. The molecule has 0 bridgehead atoms. The van der Waals surface area contributed by atoms with E-state index in [1.165, 1.54) is 25.7 Å². The van der Waals surface area contributed by atoms with Crippen molar-refractivity contribution in [2.45, 2.75) is 69.4 Å². The smallest absolute Gasteiger partial charge is 0.234 e. The Labute approximate surface area is 340 Å². The number of imide groups is 1. The summed E-state index contributed by atoms with van der Waals surface area (Å²) in [4.78, 5) is 40.9. The number of piperidine rings is 2. The van der Waals surface area contributed by atoms with Crippen molar-refractivity contribution in [2.75, 3.05) is 67.6 Å². The number of hydrogen-bond acceptors (Lipinski definition) is 14. The number of ether oxygens (including phenoxy) is 1. The molecule has 16 heteroatoms. The number of aromatic nitrogens is 6. The van der Waals surface area contributed by atoms with Crippen LogP contribution < -0.4 is 20.4 Å². The van der Waals surface area contributed by atoms with Gasteiger partial charge in [0.15, 0.2) is 5.01 Å². The summed E-state index contributed by atoms with van der Waals surface area (Å²) in [5.41, 5.74) is 6.21. The van der Waals surface area contributed by atoms with Gasteiger partial charge in [-0.15, -0.1) is 10.2 Å². The number of piperazine rings is 1. The number of hydrogen-bond donors (Lipinski definition) is 2. The third kappa shape index (κ3) is 7.16. The number of pyridine rings is 2. The molecular weight excluding hydrogens is 753 g/mol. The Kier molecular flexibility index (Phi) is 9.74. The molecule has 58 heavy (non-hydrogen) atoms. The molecule has 5 aromatic heterocycles. The Hall–Kier alpha value is -5.50. The lowest BCUT2D eigenvalue weighted by Crippen LogP contribution is -2.59. The van der Waals surface area contributed by atoms with Crippen LogP contribution in [0.15, 0.2) is 55.0 Å². The lowest BCUT2D eigenvalue weighted by Gasteiger charge is -2.56. The molecule has 10 rings (SSSR count). The first-order valence-electron chi connectivity index (χ1n) is 20.5. The van der Waals surface area contributed by atoms with E-state index in [4.69, 9.17) is 24.9 Å². The highest BCUT2D eigenvalue weighted by Gasteiger charge is 2.48. The van der Waals surface area contributed by atoms with E-state index in [0.29, 0.717) is 29.9 Å². The van der Waals surface area contributed by atoms with Crippen molar-refractivity contribution in [2.24, 2.45) is 5.41 Å². The Morgan fingerprint density at radius 2 is 1.72 bits per heavy atom. The number of fused-ring (bicyclic) bond motifs is 1. The monoisotopic (exact) mass is 798 g/mol. The molecule has 1 saturated carbocycles. The van der Waals surface area contributed by atoms with Gasteiger partial charge in [0.05, 0.1) is 40.1 Å². The van der Waals surface area contributed by atoms with E-state index < -0.39 is 0 Å². The van der Waals surface area contributed by atoms with Crippen LogP contribution in [-0.2, 0) is 14.3 Å². The maximum atomic E-state index is 12.3. The molecule has 4 aliphatic heterocycles. The number of nitrogens with zero attached hydrogens (tertiary/aromatic N) is 10. The molecule has 9 heterocycles. The van der Waals surface area contributed by atoms with E-state index in [-0.39, 0.29) is 23.8 Å². The van der Waals surface area contributed by atoms with Crippen LogP contribution in [0.4, 0.5) is 16.6 Å². The standard InChI is InChI=1S/C42H46N12O3S/c43-23-27-19-30-2-4-36(54(30)46-24-27)35-20-34(47-29-7-17-57-18-8-29)33(26-44-35)40-49-50-41(58-40)53-15-13-51(14-16-53)31-21-42(22-31)9-11-52(12-10-42)37-5-1-28(25-45-37)32-3-6-38(55)48-39(32)56/h1-2,4-5,19-20,24-26,29,31-32H,3,6-18,21-22H2,(H,44,47)(H,48,55,56)/t32-/m1/s1. The van der Waals surface area contributed by atoms with E-state index in [2.05, 4.69) is 42.6 Å². The predicted octanol–water partition coefficient (Wildman–Crippen LogP) is 4.86. The molecule has 1 spiro atoms. The maximum Gasteiger partial charge on any atom is 0.234 e. The van der Waals surface area contributed by atoms with Crippen molar-refractivity contribution in [3.05, 3.63) is 66.1 Å². The van der Waals surface area contributed by atoms with Crippen LogP contribution in [0.2, 0.25) is 0 Å². The summed E-state index contributed by atoms with van der Waals surface area (Å²) in [5, 5.41) is 31.3. The molecule has 0 radical (unpaired) electrons. The fourth-order valence-corrected chi connectivity index (χ4v) is 10.5. The predicted molar refractivity (Wildman–Crippen MR) is 220 cm³/mol. The van der Waals surface area contributed by atoms with Crippen LogP contribution in [0, 0.1) is 16.7 Å². The van der Waals surface area contributed by atoms with Crippen LogP contribution in [0.25, 0.3) is 27.5 Å². The quantitative estimate of drug-likeness (QED) is 0.204. The summed E-state index contributed by atoms with van der Waals surface area (Å²) < 4.78 is 7.46. The van der Waals surface area contributed by atoms with Crippen LogP contribution in [-0.4, -0.2) is 111 Å². The van der Waals surface area contributed by atoms with Gasteiger partial charge in [0.1, 0.15) is 11.9 Å². The third-order valence-corrected chi connectivity index (χ3v) is 14.0. The molecule has 4 saturated heterocycles. The van der Waals surface area contributed by atoms with Crippen molar-refractivity contribution in [1.29, 1.82) is 5.26 Å². The molecule has 298 valence electrons. The molecule has 1 aliphatic carbocycles. The summed E-state index contributed by atoms with van der Waals surface area (Å²) in [5.74, 6) is 0.259. The number of nitrogens with one attached hydrogen (secondary N) is 2. The van der Waals surface area contributed by atoms with E-state index in [1.807, 2.05) is 47.2 Å². The molecular formula is C42H46N12O3S. The van der Waals surface area contributed by atoms with Crippen molar-refractivity contribution in [1.82, 2.24) is 40.0 Å². The Morgan fingerprint density at radius 3 is 2.48 bits per heavy atom. The van der Waals surface area contributed by atoms with E-state index >= 15 is 0 Å². The summed E-state index contributed by atoms with van der Waals surface area (Å²) >= 11 is 1.62. The summed E-state index contributed by atoms with van der Waals surface area (Å²) in [6.45, 7) is 7.37.